The molecule has 0 aliphatic heterocycles. The molecule has 2 rings (SSSR count). The highest BCUT2D eigenvalue weighted by Gasteiger charge is 2.26. The molecule has 0 heterocycles. The lowest BCUT2D eigenvalue weighted by molar-refractivity contribution is -0.117. The Labute approximate surface area is 152 Å². The van der Waals surface area contributed by atoms with Crippen LogP contribution in [0.25, 0.3) is 0 Å². The van der Waals surface area contributed by atoms with Gasteiger partial charge < -0.3 is 16.0 Å². The first-order valence-electron chi connectivity index (χ1n) is 7.75. The number of carbonyl (C=O) groups excluding carboxylic acids is 1. The highest BCUT2D eigenvalue weighted by Crippen LogP contribution is 2.27. The Kier molecular flexibility index (Phi) is 9.78. The highest BCUT2D eigenvalue weighted by molar-refractivity contribution is 5.91. The quantitative estimate of drug-likeness (QED) is 0.845. The van der Waals surface area contributed by atoms with E-state index in [-0.39, 0.29) is 36.8 Å². The Morgan fingerprint density at radius 3 is 2.57 bits per heavy atom. The van der Waals surface area contributed by atoms with Gasteiger partial charge in [0.15, 0.2) is 0 Å². The van der Waals surface area contributed by atoms with Crippen molar-refractivity contribution in [1.29, 1.82) is 0 Å². The van der Waals surface area contributed by atoms with Gasteiger partial charge in [-0.15, -0.1) is 24.8 Å². The van der Waals surface area contributed by atoms with Gasteiger partial charge in [-0.3, -0.25) is 4.79 Å². The van der Waals surface area contributed by atoms with E-state index >= 15 is 0 Å². The predicted octanol–water partition coefficient (Wildman–Crippen LogP) is 3.36. The minimum Gasteiger partial charge on any atom is -0.327 e. The number of nitrogens with two attached hydrogens (primary N) is 1. The number of aryl methyl sites for hydroxylation is 1. The molecular formula is C17H29Cl2N3O. The first-order chi connectivity index (χ1) is 9.95. The third-order valence-corrected chi connectivity index (χ3v) is 4.24. The number of anilines is 1. The summed E-state index contributed by atoms with van der Waals surface area (Å²) in [7, 11) is 4.08. The highest BCUT2D eigenvalue weighted by atomic mass is 35.5. The fraction of sp³-hybridized carbons (Fsp3) is 0.588. The zero-order valence-electron chi connectivity index (χ0n) is 14.2. The van der Waals surface area contributed by atoms with Crippen LogP contribution in [0.15, 0.2) is 18.2 Å². The van der Waals surface area contributed by atoms with Gasteiger partial charge in [0.2, 0.25) is 5.91 Å². The molecule has 1 saturated carbocycles. The summed E-state index contributed by atoms with van der Waals surface area (Å²) in [6.45, 7) is 2.90. The number of nitrogens with one attached hydrogen (secondary N) is 1. The van der Waals surface area contributed by atoms with Crippen LogP contribution >= 0.6 is 24.8 Å². The zero-order chi connectivity index (χ0) is 15.4. The molecular weight excluding hydrogens is 333 g/mol. The van der Waals surface area contributed by atoms with Crippen molar-refractivity contribution < 1.29 is 4.79 Å². The molecule has 0 spiro atoms. The molecule has 2 atom stereocenters. The Balaban J connectivity index is 0.00000242. The summed E-state index contributed by atoms with van der Waals surface area (Å²) >= 11 is 0. The van der Waals surface area contributed by atoms with E-state index in [1.54, 1.807) is 0 Å². The van der Waals surface area contributed by atoms with E-state index in [0.717, 1.165) is 37.1 Å². The first kappa shape index (κ1) is 22.2. The third kappa shape index (κ3) is 6.68. The van der Waals surface area contributed by atoms with Crippen molar-refractivity contribution in [1.82, 2.24) is 4.90 Å². The number of hydrogen-bond acceptors (Lipinski definition) is 3. The molecule has 1 aromatic carbocycles. The molecule has 23 heavy (non-hydrogen) atoms. The smallest absolute Gasteiger partial charge is 0.224 e. The molecule has 0 saturated heterocycles. The number of nitrogens with zero attached hydrogens (tertiary/aromatic N) is 1. The minimum absolute atomic E-state index is 0. The van der Waals surface area contributed by atoms with Crippen molar-refractivity contribution in [2.45, 2.75) is 45.2 Å². The summed E-state index contributed by atoms with van der Waals surface area (Å²) in [5, 5.41) is 3.06. The van der Waals surface area contributed by atoms with Crippen LogP contribution in [-0.4, -0.2) is 30.9 Å². The van der Waals surface area contributed by atoms with Crippen LogP contribution in [0, 0.1) is 12.8 Å². The Morgan fingerprint density at radius 2 is 2.00 bits per heavy atom. The molecule has 6 heteroatoms. The summed E-state index contributed by atoms with van der Waals surface area (Å²) in [4.78, 5) is 14.3. The number of amides is 1. The van der Waals surface area contributed by atoms with E-state index in [9.17, 15) is 4.79 Å². The van der Waals surface area contributed by atoms with Crippen LogP contribution in [0.2, 0.25) is 0 Å². The summed E-state index contributed by atoms with van der Waals surface area (Å²) < 4.78 is 0. The van der Waals surface area contributed by atoms with E-state index in [1.807, 2.05) is 21.0 Å². The van der Waals surface area contributed by atoms with Crippen LogP contribution in [0.3, 0.4) is 0 Å². The van der Waals surface area contributed by atoms with E-state index in [0.29, 0.717) is 12.3 Å². The maximum absolute atomic E-state index is 12.2. The van der Waals surface area contributed by atoms with Crippen molar-refractivity contribution in [3.63, 3.8) is 0 Å². The lowest BCUT2D eigenvalue weighted by Gasteiger charge is -2.17. The summed E-state index contributed by atoms with van der Waals surface area (Å²) in [6, 6.07) is 6.44. The molecule has 0 aromatic heterocycles. The molecule has 0 bridgehead atoms. The molecule has 1 aliphatic rings. The fourth-order valence-electron chi connectivity index (χ4n) is 3.03. The first-order valence-corrected chi connectivity index (χ1v) is 7.75. The van der Waals surface area contributed by atoms with Crippen molar-refractivity contribution in [2.24, 2.45) is 11.7 Å². The van der Waals surface area contributed by atoms with E-state index < -0.39 is 0 Å². The molecule has 1 aliphatic carbocycles. The Hall–Kier alpha value is -0.810. The molecule has 0 radical (unpaired) electrons. The summed E-state index contributed by atoms with van der Waals surface area (Å²) in [6.07, 6.45) is 3.82. The zero-order valence-corrected chi connectivity index (χ0v) is 15.8. The van der Waals surface area contributed by atoms with Gasteiger partial charge in [0.25, 0.3) is 0 Å². The van der Waals surface area contributed by atoms with Gasteiger partial charge in [0.1, 0.15) is 0 Å². The lowest BCUT2D eigenvalue weighted by Crippen LogP contribution is -2.28. The van der Waals surface area contributed by atoms with Crippen LogP contribution < -0.4 is 11.1 Å². The monoisotopic (exact) mass is 361 g/mol. The lowest BCUT2D eigenvalue weighted by atomic mass is 9.99. The number of carbonyl (C=O) groups is 1. The second-order valence-corrected chi connectivity index (χ2v) is 6.49. The molecule has 132 valence electrons. The molecule has 3 N–H and O–H groups in total. The molecule has 1 aromatic rings. The van der Waals surface area contributed by atoms with Gasteiger partial charge in [-0.05, 0) is 57.0 Å². The number of benzene rings is 1. The molecule has 4 nitrogen and oxygen atoms in total. The van der Waals surface area contributed by atoms with Crippen molar-refractivity contribution in [3.05, 3.63) is 29.3 Å². The fourth-order valence-corrected chi connectivity index (χ4v) is 3.03. The number of halogens is 2. The van der Waals surface area contributed by atoms with Crippen LogP contribution in [0.1, 0.15) is 36.8 Å². The summed E-state index contributed by atoms with van der Waals surface area (Å²) in [5.41, 5.74) is 9.27. The molecule has 0 unspecified atom stereocenters. The Bertz CT molecular complexity index is 509. The number of rotatable bonds is 5. The maximum Gasteiger partial charge on any atom is 0.224 e. The van der Waals surface area contributed by atoms with E-state index in [4.69, 9.17) is 5.73 Å². The van der Waals surface area contributed by atoms with Crippen molar-refractivity contribution in [3.8, 4) is 0 Å². The maximum atomic E-state index is 12.2. The summed E-state index contributed by atoms with van der Waals surface area (Å²) in [5.74, 6) is 0.428. The van der Waals surface area contributed by atoms with Crippen molar-refractivity contribution >= 4 is 36.4 Å². The van der Waals surface area contributed by atoms with Crippen LogP contribution in [0.4, 0.5) is 5.69 Å². The van der Waals surface area contributed by atoms with Crippen molar-refractivity contribution in [2.75, 3.05) is 19.4 Å². The normalized spacial score (nSPS) is 19.9. The van der Waals surface area contributed by atoms with Gasteiger partial charge in [0.05, 0.1) is 0 Å². The SMILES string of the molecule is Cc1ccc(CN(C)C)cc1NC(=O)C[C@@H]1CCC[C@H]1N.Cl.Cl. The second-order valence-electron chi connectivity index (χ2n) is 6.49. The van der Waals surface area contributed by atoms with Gasteiger partial charge in [-0.25, -0.2) is 0 Å². The predicted molar refractivity (Wildman–Crippen MR) is 102 cm³/mol. The molecule has 1 fully saturated rings. The average Bonchev–Trinajstić information content (AvgIpc) is 2.78. The second kappa shape index (κ2) is 10.1. The Morgan fingerprint density at radius 1 is 1.30 bits per heavy atom. The standard InChI is InChI=1S/C17H27N3O.2ClH/c1-12-7-8-13(11-20(2)3)9-16(12)19-17(21)10-14-5-4-6-15(14)18;;/h7-9,14-15H,4-6,10-11,18H2,1-3H3,(H,19,21);2*1H/t14-,15+;;/m0../s1. The van der Waals surface area contributed by atoms with E-state index in [2.05, 4.69) is 28.4 Å². The third-order valence-electron chi connectivity index (χ3n) is 4.24. The van der Waals surface area contributed by atoms with Gasteiger partial charge in [-0.1, -0.05) is 18.6 Å². The van der Waals surface area contributed by atoms with Gasteiger partial charge >= 0.3 is 0 Å². The minimum atomic E-state index is 0. The van der Waals surface area contributed by atoms with Gasteiger partial charge in [-0.2, -0.15) is 0 Å². The topological polar surface area (TPSA) is 58.4 Å². The van der Waals surface area contributed by atoms with E-state index in [1.165, 1.54) is 5.56 Å². The average molecular weight is 362 g/mol. The molecule has 1 amide bonds. The van der Waals surface area contributed by atoms with Crippen LogP contribution in [-0.2, 0) is 11.3 Å². The van der Waals surface area contributed by atoms with Crippen LogP contribution in [0.5, 0.6) is 0 Å². The van der Waals surface area contributed by atoms with Gasteiger partial charge in [0, 0.05) is 24.7 Å². The number of hydrogen-bond donors (Lipinski definition) is 2. The largest absolute Gasteiger partial charge is 0.327 e.